The van der Waals surface area contributed by atoms with E-state index in [0.29, 0.717) is 13.1 Å². The van der Waals surface area contributed by atoms with Crippen LogP contribution >= 0.6 is 0 Å². The zero-order valence-electron chi connectivity index (χ0n) is 15.9. The van der Waals surface area contributed by atoms with Gasteiger partial charge in [-0.2, -0.15) is 0 Å². The quantitative estimate of drug-likeness (QED) is 0.857. The Balaban J connectivity index is 2.37. The standard InChI is InChI=1S/C18H31N5O/c1-17(2,3)13-12-14(21-15(20-13)18(4,5)6)22-8-7-9-23(11-10-22)16(19)24/h12H,7-11H2,1-6H3,(H2,19,24). The van der Waals surface area contributed by atoms with Gasteiger partial charge in [0.25, 0.3) is 0 Å². The number of aromatic nitrogens is 2. The normalized spacial score (nSPS) is 16.9. The number of hydrogen-bond acceptors (Lipinski definition) is 4. The van der Waals surface area contributed by atoms with Crippen molar-refractivity contribution in [3.8, 4) is 0 Å². The van der Waals surface area contributed by atoms with Crippen molar-refractivity contribution in [2.75, 3.05) is 31.1 Å². The number of anilines is 1. The number of amides is 2. The van der Waals surface area contributed by atoms with Gasteiger partial charge >= 0.3 is 6.03 Å². The van der Waals surface area contributed by atoms with Crippen LogP contribution in [0.15, 0.2) is 6.07 Å². The Morgan fingerprint density at radius 2 is 1.67 bits per heavy atom. The third-order valence-electron chi connectivity index (χ3n) is 4.28. The molecule has 2 rings (SSSR count). The summed E-state index contributed by atoms with van der Waals surface area (Å²) in [5, 5.41) is 0. The third kappa shape index (κ3) is 4.36. The number of urea groups is 1. The Bertz CT molecular complexity index is 568. The SMILES string of the molecule is CC(C)(C)c1cc(N2CCCN(C(N)=O)CC2)nc(C(C)(C)C)n1. The van der Waals surface area contributed by atoms with E-state index >= 15 is 0 Å². The van der Waals surface area contributed by atoms with Gasteiger partial charge < -0.3 is 15.5 Å². The predicted octanol–water partition coefficient (Wildman–Crippen LogP) is 2.66. The van der Waals surface area contributed by atoms with E-state index in [4.69, 9.17) is 15.7 Å². The van der Waals surface area contributed by atoms with Gasteiger partial charge in [0, 0.05) is 43.1 Å². The van der Waals surface area contributed by atoms with Gasteiger partial charge in [0.05, 0.1) is 5.69 Å². The van der Waals surface area contributed by atoms with Crippen molar-refractivity contribution in [3.63, 3.8) is 0 Å². The number of nitrogens with zero attached hydrogens (tertiary/aromatic N) is 4. The molecule has 0 aliphatic carbocycles. The largest absolute Gasteiger partial charge is 0.355 e. The molecular formula is C18H31N5O. The van der Waals surface area contributed by atoms with Crippen molar-refractivity contribution in [1.29, 1.82) is 0 Å². The smallest absolute Gasteiger partial charge is 0.314 e. The Labute approximate surface area is 145 Å². The van der Waals surface area contributed by atoms with E-state index in [1.807, 2.05) is 0 Å². The molecule has 1 aromatic heterocycles. The van der Waals surface area contributed by atoms with Gasteiger partial charge in [-0.25, -0.2) is 14.8 Å². The molecule has 24 heavy (non-hydrogen) atoms. The second-order valence-corrected chi connectivity index (χ2v) is 8.60. The monoisotopic (exact) mass is 333 g/mol. The van der Waals surface area contributed by atoms with Crippen LogP contribution in [0.3, 0.4) is 0 Å². The molecule has 6 heteroatoms. The number of nitrogens with two attached hydrogens (primary N) is 1. The summed E-state index contributed by atoms with van der Waals surface area (Å²) in [4.78, 5) is 25.0. The van der Waals surface area contributed by atoms with Crippen LogP contribution in [-0.4, -0.2) is 47.1 Å². The molecule has 6 nitrogen and oxygen atoms in total. The number of hydrogen-bond donors (Lipinski definition) is 1. The second kappa shape index (κ2) is 6.57. The summed E-state index contributed by atoms with van der Waals surface area (Å²) in [6.07, 6.45) is 0.892. The number of carbonyl (C=O) groups excluding carboxylic acids is 1. The first-order valence-electron chi connectivity index (χ1n) is 8.68. The second-order valence-electron chi connectivity index (χ2n) is 8.60. The van der Waals surface area contributed by atoms with Crippen LogP contribution in [0, 0.1) is 0 Å². The van der Waals surface area contributed by atoms with Gasteiger partial charge in [-0.05, 0) is 6.42 Å². The summed E-state index contributed by atoms with van der Waals surface area (Å²) >= 11 is 0. The van der Waals surface area contributed by atoms with Crippen LogP contribution in [0.1, 0.15) is 59.5 Å². The van der Waals surface area contributed by atoms with Crippen molar-refractivity contribution in [2.24, 2.45) is 5.73 Å². The van der Waals surface area contributed by atoms with E-state index in [9.17, 15) is 4.79 Å². The summed E-state index contributed by atoms with van der Waals surface area (Å²) in [5.41, 5.74) is 6.33. The molecule has 1 aromatic rings. The van der Waals surface area contributed by atoms with E-state index in [0.717, 1.165) is 36.8 Å². The van der Waals surface area contributed by atoms with Gasteiger partial charge in [0.1, 0.15) is 11.6 Å². The maximum Gasteiger partial charge on any atom is 0.314 e. The summed E-state index contributed by atoms with van der Waals surface area (Å²) in [6, 6.07) is 1.75. The fraction of sp³-hybridized carbons (Fsp3) is 0.722. The van der Waals surface area contributed by atoms with E-state index in [1.165, 1.54) is 0 Å². The average molecular weight is 333 g/mol. The molecule has 0 atom stereocenters. The van der Waals surface area contributed by atoms with Crippen LogP contribution < -0.4 is 10.6 Å². The molecule has 0 unspecified atom stereocenters. The van der Waals surface area contributed by atoms with Crippen LogP contribution in [0.25, 0.3) is 0 Å². The van der Waals surface area contributed by atoms with Crippen molar-refractivity contribution < 1.29 is 4.79 Å². The highest BCUT2D eigenvalue weighted by molar-refractivity contribution is 5.72. The molecule has 1 aliphatic rings. The van der Waals surface area contributed by atoms with Crippen LogP contribution in [0.2, 0.25) is 0 Å². The summed E-state index contributed by atoms with van der Waals surface area (Å²) in [6.45, 7) is 15.9. The van der Waals surface area contributed by atoms with Crippen molar-refractivity contribution in [1.82, 2.24) is 14.9 Å². The lowest BCUT2D eigenvalue weighted by atomic mass is 9.90. The zero-order valence-corrected chi connectivity index (χ0v) is 15.9. The number of carbonyl (C=O) groups is 1. The van der Waals surface area contributed by atoms with Crippen LogP contribution in [0.4, 0.5) is 10.6 Å². The lowest BCUT2D eigenvalue weighted by Gasteiger charge is -2.28. The molecule has 2 heterocycles. The van der Waals surface area contributed by atoms with Gasteiger partial charge in [-0.3, -0.25) is 0 Å². The van der Waals surface area contributed by atoms with Crippen LogP contribution in [-0.2, 0) is 10.8 Å². The Morgan fingerprint density at radius 3 is 2.21 bits per heavy atom. The highest BCUT2D eigenvalue weighted by Gasteiger charge is 2.26. The Morgan fingerprint density at radius 1 is 1.00 bits per heavy atom. The summed E-state index contributed by atoms with van der Waals surface area (Å²) in [7, 11) is 0. The molecule has 1 aliphatic heterocycles. The predicted molar refractivity (Wildman–Crippen MR) is 97.4 cm³/mol. The minimum atomic E-state index is -0.342. The molecule has 0 aromatic carbocycles. The van der Waals surface area contributed by atoms with Gasteiger partial charge in [-0.1, -0.05) is 41.5 Å². The highest BCUT2D eigenvalue weighted by Crippen LogP contribution is 2.28. The molecule has 0 saturated carbocycles. The third-order valence-corrected chi connectivity index (χ3v) is 4.28. The summed E-state index contributed by atoms with van der Waals surface area (Å²) in [5.74, 6) is 1.81. The van der Waals surface area contributed by atoms with Gasteiger partial charge in [-0.15, -0.1) is 0 Å². The minimum absolute atomic E-state index is 0.0389. The maximum atomic E-state index is 11.4. The fourth-order valence-electron chi connectivity index (χ4n) is 2.68. The van der Waals surface area contributed by atoms with Gasteiger partial charge in [0.2, 0.25) is 0 Å². The van der Waals surface area contributed by atoms with E-state index in [-0.39, 0.29) is 16.9 Å². The van der Waals surface area contributed by atoms with Crippen LogP contribution in [0.5, 0.6) is 0 Å². The van der Waals surface area contributed by atoms with Crippen molar-refractivity contribution in [2.45, 2.75) is 58.8 Å². The molecule has 1 saturated heterocycles. The fourth-order valence-corrected chi connectivity index (χ4v) is 2.68. The molecule has 0 bridgehead atoms. The maximum absolute atomic E-state index is 11.4. The molecule has 0 radical (unpaired) electrons. The Hall–Kier alpha value is -1.85. The first-order chi connectivity index (χ1) is 11.0. The Kier molecular flexibility index (Phi) is 5.06. The van der Waals surface area contributed by atoms with Gasteiger partial charge in [0.15, 0.2) is 0 Å². The summed E-state index contributed by atoms with van der Waals surface area (Å²) < 4.78 is 0. The topological polar surface area (TPSA) is 75.3 Å². The minimum Gasteiger partial charge on any atom is -0.355 e. The first-order valence-corrected chi connectivity index (χ1v) is 8.68. The number of primary amides is 1. The zero-order chi connectivity index (χ0) is 18.1. The van der Waals surface area contributed by atoms with Crippen molar-refractivity contribution in [3.05, 3.63) is 17.6 Å². The molecule has 134 valence electrons. The lowest BCUT2D eigenvalue weighted by Crippen LogP contribution is -2.38. The van der Waals surface area contributed by atoms with E-state index in [1.54, 1.807) is 4.90 Å². The van der Waals surface area contributed by atoms with E-state index in [2.05, 4.69) is 52.5 Å². The lowest BCUT2D eigenvalue weighted by molar-refractivity contribution is 0.211. The molecule has 2 amide bonds. The van der Waals surface area contributed by atoms with E-state index < -0.39 is 0 Å². The molecule has 0 spiro atoms. The highest BCUT2D eigenvalue weighted by atomic mass is 16.2. The van der Waals surface area contributed by atoms with Crippen molar-refractivity contribution >= 4 is 11.8 Å². The molecule has 1 fully saturated rings. The number of rotatable bonds is 1. The molecular weight excluding hydrogens is 302 g/mol. The average Bonchev–Trinajstić information content (AvgIpc) is 2.71. The first kappa shape index (κ1) is 18.5. The molecule has 2 N–H and O–H groups in total.